The monoisotopic (exact) mass is 303 g/mol. The third-order valence-corrected chi connectivity index (χ3v) is 3.82. The van der Waals surface area contributed by atoms with E-state index in [1.54, 1.807) is 11.3 Å². The average Bonchev–Trinajstić information content (AvgIpc) is 2.86. The number of aromatic nitrogens is 1. The zero-order valence-corrected chi connectivity index (χ0v) is 13.7. The van der Waals surface area contributed by atoms with Gasteiger partial charge in [0.25, 0.3) is 0 Å². The van der Waals surface area contributed by atoms with Crippen LogP contribution in [0.2, 0.25) is 0 Å². The second kappa shape index (κ2) is 6.26. The SMILES string of the molecule is CC(=O)Nc1ccc(NCc2nc(C(C)(C)C)cs2)cc1. The molecule has 4 nitrogen and oxygen atoms in total. The van der Waals surface area contributed by atoms with Gasteiger partial charge in [-0.3, -0.25) is 4.79 Å². The van der Waals surface area contributed by atoms with E-state index in [0.717, 1.165) is 22.1 Å². The summed E-state index contributed by atoms with van der Waals surface area (Å²) in [6.07, 6.45) is 0. The van der Waals surface area contributed by atoms with Crippen LogP contribution in [0.15, 0.2) is 29.6 Å². The maximum absolute atomic E-state index is 11.0. The summed E-state index contributed by atoms with van der Waals surface area (Å²) in [4.78, 5) is 15.6. The maximum atomic E-state index is 11.0. The van der Waals surface area contributed by atoms with E-state index >= 15 is 0 Å². The molecule has 0 fully saturated rings. The highest BCUT2D eigenvalue weighted by Crippen LogP contribution is 2.24. The Hall–Kier alpha value is -1.88. The fourth-order valence-electron chi connectivity index (χ4n) is 1.79. The van der Waals surface area contributed by atoms with Crippen molar-refractivity contribution in [2.24, 2.45) is 0 Å². The number of amides is 1. The Morgan fingerprint density at radius 1 is 1.19 bits per heavy atom. The minimum atomic E-state index is -0.0618. The van der Waals surface area contributed by atoms with Crippen molar-refractivity contribution in [2.75, 3.05) is 10.6 Å². The fourth-order valence-corrected chi connectivity index (χ4v) is 2.75. The van der Waals surface area contributed by atoms with Gasteiger partial charge in [-0.1, -0.05) is 20.8 Å². The van der Waals surface area contributed by atoms with E-state index in [1.807, 2.05) is 24.3 Å². The lowest BCUT2D eigenvalue weighted by molar-refractivity contribution is -0.114. The molecular formula is C16H21N3OS. The van der Waals surface area contributed by atoms with E-state index in [1.165, 1.54) is 6.92 Å². The molecular weight excluding hydrogens is 282 g/mol. The van der Waals surface area contributed by atoms with E-state index in [-0.39, 0.29) is 11.3 Å². The molecule has 0 bridgehead atoms. The van der Waals surface area contributed by atoms with Crippen LogP contribution in [-0.4, -0.2) is 10.9 Å². The number of nitrogens with one attached hydrogen (secondary N) is 2. The van der Waals surface area contributed by atoms with Gasteiger partial charge in [0.2, 0.25) is 5.91 Å². The molecule has 0 radical (unpaired) electrons. The Labute approximate surface area is 129 Å². The predicted molar refractivity (Wildman–Crippen MR) is 88.9 cm³/mol. The molecule has 2 rings (SSSR count). The van der Waals surface area contributed by atoms with Gasteiger partial charge in [0.15, 0.2) is 0 Å². The Morgan fingerprint density at radius 3 is 2.33 bits per heavy atom. The molecule has 21 heavy (non-hydrogen) atoms. The van der Waals surface area contributed by atoms with E-state index in [9.17, 15) is 4.79 Å². The van der Waals surface area contributed by atoms with Crippen molar-refractivity contribution in [1.29, 1.82) is 0 Å². The third kappa shape index (κ3) is 4.56. The number of carbonyl (C=O) groups is 1. The van der Waals surface area contributed by atoms with E-state index in [2.05, 4.69) is 41.8 Å². The number of carbonyl (C=O) groups excluding carboxylic acids is 1. The Balaban J connectivity index is 1.94. The lowest BCUT2D eigenvalue weighted by Gasteiger charge is -2.14. The molecule has 1 aromatic heterocycles. The minimum absolute atomic E-state index is 0.0618. The molecule has 0 unspecified atom stereocenters. The molecule has 0 aliphatic rings. The lowest BCUT2D eigenvalue weighted by Crippen LogP contribution is -2.11. The first-order valence-electron chi connectivity index (χ1n) is 6.91. The molecule has 1 aromatic carbocycles. The second-order valence-corrected chi connectivity index (χ2v) is 6.93. The molecule has 1 heterocycles. The largest absolute Gasteiger partial charge is 0.379 e. The maximum Gasteiger partial charge on any atom is 0.221 e. The summed E-state index contributed by atoms with van der Waals surface area (Å²) in [5, 5.41) is 9.29. The Kier molecular flexibility index (Phi) is 4.63. The minimum Gasteiger partial charge on any atom is -0.379 e. The van der Waals surface area contributed by atoms with Crippen molar-refractivity contribution in [3.63, 3.8) is 0 Å². The molecule has 0 saturated carbocycles. The summed E-state index contributed by atoms with van der Waals surface area (Å²) in [6.45, 7) is 8.71. The van der Waals surface area contributed by atoms with Gasteiger partial charge in [0.05, 0.1) is 12.2 Å². The summed E-state index contributed by atoms with van der Waals surface area (Å²) in [6, 6.07) is 7.66. The highest BCUT2D eigenvalue weighted by molar-refractivity contribution is 7.09. The smallest absolute Gasteiger partial charge is 0.221 e. The van der Waals surface area contributed by atoms with Crippen LogP contribution in [0.25, 0.3) is 0 Å². The van der Waals surface area contributed by atoms with Crippen LogP contribution < -0.4 is 10.6 Å². The molecule has 0 spiro atoms. The standard InChI is InChI=1S/C16H21N3OS/c1-11(20)18-13-7-5-12(6-8-13)17-9-15-19-14(10-21-15)16(2,3)4/h5-8,10,17H,9H2,1-4H3,(H,18,20). The molecule has 0 aliphatic heterocycles. The van der Waals surface area contributed by atoms with Gasteiger partial charge in [-0.2, -0.15) is 0 Å². The molecule has 0 aliphatic carbocycles. The second-order valence-electron chi connectivity index (χ2n) is 5.99. The van der Waals surface area contributed by atoms with Crippen molar-refractivity contribution in [3.05, 3.63) is 40.3 Å². The molecule has 2 N–H and O–H groups in total. The molecule has 2 aromatic rings. The number of anilines is 2. The van der Waals surface area contributed by atoms with Crippen LogP contribution in [0.3, 0.4) is 0 Å². The van der Waals surface area contributed by atoms with Crippen molar-refractivity contribution in [1.82, 2.24) is 4.98 Å². The van der Waals surface area contributed by atoms with Gasteiger partial charge in [0, 0.05) is 29.1 Å². The molecule has 0 atom stereocenters. The van der Waals surface area contributed by atoms with Crippen LogP contribution >= 0.6 is 11.3 Å². The summed E-state index contributed by atoms with van der Waals surface area (Å²) < 4.78 is 0. The van der Waals surface area contributed by atoms with E-state index in [0.29, 0.717) is 6.54 Å². The lowest BCUT2D eigenvalue weighted by atomic mass is 9.93. The molecule has 112 valence electrons. The summed E-state index contributed by atoms with van der Waals surface area (Å²) >= 11 is 1.68. The first-order chi connectivity index (χ1) is 9.84. The van der Waals surface area contributed by atoms with E-state index in [4.69, 9.17) is 0 Å². The van der Waals surface area contributed by atoms with Crippen molar-refractivity contribution in [3.8, 4) is 0 Å². The first-order valence-corrected chi connectivity index (χ1v) is 7.79. The Morgan fingerprint density at radius 2 is 1.81 bits per heavy atom. The van der Waals surface area contributed by atoms with Gasteiger partial charge < -0.3 is 10.6 Å². The van der Waals surface area contributed by atoms with Gasteiger partial charge in [-0.05, 0) is 24.3 Å². The van der Waals surface area contributed by atoms with E-state index < -0.39 is 0 Å². The van der Waals surface area contributed by atoms with Gasteiger partial charge >= 0.3 is 0 Å². The van der Waals surface area contributed by atoms with Crippen molar-refractivity contribution in [2.45, 2.75) is 39.7 Å². The molecule has 1 amide bonds. The highest BCUT2D eigenvalue weighted by Gasteiger charge is 2.17. The third-order valence-electron chi connectivity index (χ3n) is 2.97. The van der Waals surface area contributed by atoms with Crippen LogP contribution in [0.4, 0.5) is 11.4 Å². The van der Waals surface area contributed by atoms with Crippen LogP contribution in [0.5, 0.6) is 0 Å². The van der Waals surface area contributed by atoms with Gasteiger partial charge in [-0.25, -0.2) is 4.98 Å². The number of nitrogens with zero attached hydrogens (tertiary/aromatic N) is 1. The number of rotatable bonds is 4. The quantitative estimate of drug-likeness (QED) is 0.897. The van der Waals surface area contributed by atoms with Crippen molar-refractivity contribution < 1.29 is 4.79 Å². The van der Waals surface area contributed by atoms with Crippen LogP contribution in [-0.2, 0) is 16.8 Å². The fraction of sp³-hybridized carbons (Fsp3) is 0.375. The number of benzene rings is 1. The zero-order valence-electron chi connectivity index (χ0n) is 12.9. The summed E-state index contributed by atoms with van der Waals surface area (Å²) in [5.74, 6) is -0.0618. The molecule has 5 heteroatoms. The van der Waals surface area contributed by atoms with Gasteiger partial charge in [-0.15, -0.1) is 11.3 Å². The molecule has 0 saturated heterocycles. The Bertz CT molecular complexity index is 611. The first kappa shape index (κ1) is 15.5. The topological polar surface area (TPSA) is 54.0 Å². The number of hydrogen-bond donors (Lipinski definition) is 2. The number of thiazole rings is 1. The van der Waals surface area contributed by atoms with Crippen molar-refractivity contribution >= 4 is 28.6 Å². The predicted octanol–water partition coefficient (Wildman–Crippen LogP) is 4.01. The summed E-state index contributed by atoms with van der Waals surface area (Å²) in [5.41, 5.74) is 3.04. The normalized spacial score (nSPS) is 11.2. The summed E-state index contributed by atoms with van der Waals surface area (Å²) in [7, 11) is 0. The van der Waals surface area contributed by atoms with Gasteiger partial charge in [0.1, 0.15) is 5.01 Å². The average molecular weight is 303 g/mol. The highest BCUT2D eigenvalue weighted by atomic mass is 32.1. The van der Waals surface area contributed by atoms with Crippen LogP contribution in [0.1, 0.15) is 38.4 Å². The van der Waals surface area contributed by atoms with Crippen LogP contribution in [0, 0.1) is 0 Å². The number of hydrogen-bond acceptors (Lipinski definition) is 4. The zero-order chi connectivity index (χ0) is 15.5.